The van der Waals surface area contributed by atoms with Crippen LogP contribution in [0.1, 0.15) is 5.56 Å². The maximum absolute atomic E-state index is 13.2. The second-order valence-electron chi connectivity index (χ2n) is 6.46. The van der Waals surface area contributed by atoms with Gasteiger partial charge in [-0.3, -0.25) is 0 Å². The van der Waals surface area contributed by atoms with Crippen molar-refractivity contribution in [3.8, 4) is 11.5 Å². The van der Waals surface area contributed by atoms with Crippen molar-refractivity contribution in [3.05, 3.63) is 94.7 Å². The molecule has 1 N–H and O–H groups in total. The van der Waals surface area contributed by atoms with Crippen LogP contribution in [-0.2, 0) is 16.4 Å². The number of hydrogen-bond acceptors (Lipinski definition) is 5. The fourth-order valence-electron chi connectivity index (χ4n) is 2.81. The lowest BCUT2D eigenvalue weighted by Crippen LogP contribution is -2.07. The van der Waals surface area contributed by atoms with Crippen molar-refractivity contribution >= 4 is 31.7 Å². The molecule has 0 saturated carbocycles. The van der Waals surface area contributed by atoms with Gasteiger partial charge in [0.05, 0.1) is 4.90 Å². The normalized spacial score (nSPS) is 11.4. The average molecular weight is 487 g/mol. The van der Waals surface area contributed by atoms with Gasteiger partial charge in [0, 0.05) is 16.6 Å². The van der Waals surface area contributed by atoms with Crippen LogP contribution in [0.3, 0.4) is 0 Å². The Hall–Kier alpha value is -2.97. The van der Waals surface area contributed by atoms with E-state index in [1.54, 1.807) is 42.5 Å². The van der Waals surface area contributed by atoms with Gasteiger partial charge in [0.25, 0.3) is 0 Å². The molecule has 152 valence electrons. The second kappa shape index (κ2) is 8.41. The minimum Gasteiger partial charge on any atom is -0.419 e. The molecule has 0 atom stereocenters. The van der Waals surface area contributed by atoms with Crippen molar-refractivity contribution in [3.63, 3.8) is 0 Å². The predicted molar refractivity (Wildman–Crippen MR) is 115 cm³/mol. The lowest BCUT2D eigenvalue weighted by molar-refractivity contribution is 0.576. The summed E-state index contributed by atoms with van der Waals surface area (Å²) in [5.41, 5.74) is 1.40. The highest BCUT2D eigenvalue weighted by atomic mass is 79.9. The molecule has 0 aliphatic heterocycles. The van der Waals surface area contributed by atoms with Gasteiger partial charge in [-0.1, -0.05) is 46.3 Å². The van der Waals surface area contributed by atoms with E-state index < -0.39 is 9.84 Å². The van der Waals surface area contributed by atoms with Gasteiger partial charge in [-0.05, 0) is 54.1 Å². The quantitative estimate of drug-likeness (QED) is 0.379. The molecule has 4 aromatic rings. The number of nitrogens with one attached hydrogen (secondary N) is 1. The molecule has 0 fully saturated rings. The summed E-state index contributed by atoms with van der Waals surface area (Å²) in [5.74, 6) is -0.136. The summed E-state index contributed by atoms with van der Waals surface area (Å²) in [5, 5.41) is 2.79. The standard InChI is InChI=1S/C22H16BrFN2O3S/c23-17-10-8-16(9-11-17)20-26-22(30(27,28)19-4-2-1-3-5-19)21(29-20)25-14-15-6-12-18(24)13-7-15/h1-13,25H,14H2. The minimum absolute atomic E-state index is 0.0288. The molecule has 0 radical (unpaired) electrons. The van der Waals surface area contributed by atoms with E-state index in [1.807, 2.05) is 12.1 Å². The van der Waals surface area contributed by atoms with Gasteiger partial charge in [-0.15, -0.1) is 0 Å². The molecule has 0 aliphatic rings. The fourth-order valence-corrected chi connectivity index (χ4v) is 4.38. The monoisotopic (exact) mass is 486 g/mol. The number of halogens is 2. The smallest absolute Gasteiger partial charge is 0.234 e. The fraction of sp³-hybridized carbons (Fsp3) is 0.0455. The zero-order valence-corrected chi connectivity index (χ0v) is 18.0. The third-order valence-corrected chi connectivity index (χ3v) is 6.57. The lowest BCUT2D eigenvalue weighted by Gasteiger charge is -2.06. The average Bonchev–Trinajstić information content (AvgIpc) is 3.20. The van der Waals surface area contributed by atoms with Crippen LogP contribution in [0.4, 0.5) is 10.3 Å². The van der Waals surface area contributed by atoms with Gasteiger partial charge < -0.3 is 9.73 Å². The molecule has 30 heavy (non-hydrogen) atoms. The largest absolute Gasteiger partial charge is 0.419 e. The first-order valence-corrected chi connectivity index (χ1v) is 11.3. The summed E-state index contributed by atoms with van der Waals surface area (Å²) < 4.78 is 46.2. The highest BCUT2D eigenvalue weighted by Crippen LogP contribution is 2.33. The van der Waals surface area contributed by atoms with E-state index in [0.717, 1.165) is 10.0 Å². The number of aromatic nitrogens is 1. The molecule has 5 nitrogen and oxygen atoms in total. The summed E-state index contributed by atoms with van der Waals surface area (Å²) in [6, 6.07) is 21.1. The van der Waals surface area contributed by atoms with Crippen LogP contribution in [-0.4, -0.2) is 13.4 Å². The van der Waals surface area contributed by atoms with Gasteiger partial charge in [0.2, 0.25) is 26.6 Å². The Morgan fingerprint density at radius 2 is 1.60 bits per heavy atom. The summed E-state index contributed by atoms with van der Waals surface area (Å²) in [6.45, 7) is 0.243. The van der Waals surface area contributed by atoms with Crippen LogP contribution in [0.2, 0.25) is 0 Å². The van der Waals surface area contributed by atoms with Gasteiger partial charge in [0.1, 0.15) is 5.82 Å². The van der Waals surface area contributed by atoms with Crippen LogP contribution in [0.5, 0.6) is 0 Å². The molecule has 0 spiro atoms. The third-order valence-electron chi connectivity index (χ3n) is 4.36. The van der Waals surface area contributed by atoms with Gasteiger partial charge in [-0.25, -0.2) is 12.8 Å². The van der Waals surface area contributed by atoms with Crippen LogP contribution in [0.15, 0.2) is 97.7 Å². The molecule has 0 saturated heterocycles. The number of nitrogens with zero attached hydrogens (tertiary/aromatic N) is 1. The van der Waals surface area contributed by atoms with Crippen molar-refractivity contribution in [2.24, 2.45) is 0 Å². The van der Waals surface area contributed by atoms with Crippen molar-refractivity contribution < 1.29 is 17.2 Å². The zero-order valence-electron chi connectivity index (χ0n) is 15.5. The first-order chi connectivity index (χ1) is 14.4. The Morgan fingerprint density at radius 3 is 2.27 bits per heavy atom. The predicted octanol–water partition coefficient (Wildman–Crippen LogP) is 5.69. The van der Waals surface area contributed by atoms with Crippen molar-refractivity contribution in [2.75, 3.05) is 5.32 Å². The molecule has 0 amide bonds. The highest BCUT2D eigenvalue weighted by Gasteiger charge is 2.28. The van der Waals surface area contributed by atoms with Crippen LogP contribution in [0, 0.1) is 5.82 Å². The Kier molecular flexibility index (Phi) is 5.69. The third kappa shape index (κ3) is 4.29. The molecule has 0 bridgehead atoms. The number of oxazole rings is 1. The van der Waals surface area contributed by atoms with Crippen molar-refractivity contribution in [2.45, 2.75) is 16.5 Å². The summed E-state index contributed by atoms with van der Waals surface area (Å²) in [7, 11) is -3.91. The van der Waals surface area contributed by atoms with E-state index in [2.05, 4.69) is 26.2 Å². The number of anilines is 1. The molecule has 8 heteroatoms. The first kappa shape index (κ1) is 20.3. The minimum atomic E-state index is -3.91. The molecule has 3 aromatic carbocycles. The van der Waals surface area contributed by atoms with Gasteiger partial charge in [-0.2, -0.15) is 4.98 Å². The van der Waals surface area contributed by atoms with E-state index in [1.165, 1.54) is 24.3 Å². The van der Waals surface area contributed by atoms with E-state index in [0.29, 0.717) is 5.56 Å². The van der Waals surface area contributed by atoms with Crippen LogP contribution >= 0.6 is 15.9 Å². The van der Waals surface area contributed by atoms with E-state index in [-0.39, 0.29) is 34.1 Å². The molecule has 1 heterocycles. The number of benzene rings is 3. The topological polar surface area (TPSA) is 72.2 Å². The van der Waals surface area contributed by atoms with Crippen LogP contribution < -0.4 is 5.32 Å². The maximum Gasteiger partial charge on any atom is 0.234 e. The SMILES string of the molecule is O=S(=O)(c1ccccc1)c1nc(-c2ccc(Br)cc2)oc1NCc1ccc(F)cc1. The summed E-state index contributed by atoms with van der Waals surface area (Å²) >= 11 is 3.37. The number of hydrogen-bond donors (Lipinski definition) is 1. The second-order valence-corrected chi connectivity index (χ2v) is 9.24. The van der Waals surface area contributed by atoms with E-state index in [4.69, 9.17) is 4.42 Å². The maximum atomic E-state index is 13.2. The molecule has 0 aliphatic carbocycles. The highest BCUT2D eigenvalue weighted by molar-refractivity contribution is 9.10. The zero-order chi connectivity index (χ0) is 21.1. The van der Waals surface area contributed by atoms with Gasteiger partial charge in [0.15, 0.2) is 0 Å². The summed E-state index contributed by atoms with van der Waals surface area (Å²) in [6.07, 6.45) is 0. The Balaban J connectivity index is 1.74. The van der Waals surface area contributed by atoms with E-state index in [9.17, 15) is 12.8 Å². The van der Waals surface area contributed by atoms with Crippen molar-refractivity contribution in [1.82, 2.24) is 4.98 Å². The molecular weight excluding hydrogens is 471 g/mol. The van der Waals surface area contributed by atoms with Crippen molar-refractivity contribution in [1.29, 1.82) is 0 Å². The Labute approximate surface area is 181 Å². The van der Waals surface area contributed by atoms with Gasteiger partial charge >= 0.3 is 0 Å². The molecular formula is C22H16BrFN2O3S. The summed E-state index contributed by atoms with van der Waals surface area (Å²) in [4.78, 5) is 4.41. The molecule has 1 aromatic heterocycles. The Bertz CT molecular complexity index is 1260. The Morgan fingerprint density at radius 1 is 0.933 bits per heavy atom. The van der Waals surface area contributed by atoms with Crippen LogP contribution in [0.25, 0.3) is 11.5 Å². The number of sulfone groups is 1. The number of rotatable bonds is 6. The lowest BCUT2D eigenvalue weighted by atomic mass is 10.2. The molecule has 0 unspecified atom stereocenters. The first-order valence-electron chi connectivity index (χ1n) is 8.99. The molecule has 4 rings (SSSR count). The van der Waals surface area contributed by atoms with E-state index >= 15 is 0 Å².